The van der Waals surface area contributed by atoms with E-state index < -0.39 is 53.7 Å². The molecule has 0 spiro atoms. The monoisotopic (exact) mass is 502 g/mol. The number of halogens is 6. The Kier molecular flexibility index (Phi) is 6.29. The van der Waals surface area contributed by atoms with Crippen molar-refractivity contribution in [3.05, 3.63) is 12.2 Å². The second-order valence-electron chi connectivity index (χ2n) is 9.64. The number of carbonyl (C=O) groups is 3. The van der Waals surface area contributed by atoms with E-state index in [1.165, 1.54) is 6.92 Å². The van der Waals surface area contributed by atoms with Crippen LogP contribution in [0.1, 0.15) is 46.0 Å². The molecule has 192 valence electrons. The van der Waals surface area contributed by atoms with Gasteiger partial charge in [-0.3, -0.25) is 0 Å². The highest BCUT2D eigenvalue weighted by atomic mass is 19.4. The Balaban J connectivity index is 1.68. The van der Waals surface area contributed by atoms with Crippen molar-refractivity contribution in [1.82, 2.24) is 0 Å². The van der Waals surface area contributed by atoms with Crippen LogP contribution < -0.4 is 0 Å². The van der Waals surface area contributed by atoms with E-state index in [1.54, 1.807) is 6.92 Å². The summed E-state index contributed by atoms with van der Waals surface area (Å²) in [5, 5.41) is 9.02. The van der Waals surface area contributed by atoms with E-state index in [0.29, 0.717) is 32.1 Å². The molecule has 4 fully saturated rings. The zero-order valence-electron chi connectivity index (χ0n) is 18.3. The molecule has 4 rings (SSSR count). The van der Waals surface area contributed by atoms with E-state index in [-0.39, 0.29) is 23.3 Å². The summed E-state index contributed by atoms with van der Waals surface area (Å²) < 4.78 is 91.5. The Labute approximate surface area is 190 Å². The highest BCUT2D eigenvalue weighted by molar-refractivity contribution is 5.87. The maximum absolute atomic E-state index is 12.8. The molecule has 4 aliphatic rings. The summed E-state index contributed by atoms with van der Waals surface area (Å²) >= 11 is 0. The van der Waals surface area contributed by atoms with Gasteiger partial charge in [0.1, 0.15) is 11.2 Å². The van der Waals surface area contributed by atoms with Gasteiger partial charge in [0.05, 0.1) is 0 Å². The summed E-state index contributed by atoms with van der Waals surface area (Å²) in [4.78, 5) is 35.9. The van der Waals surface area contributed by atoms with Crippen LogP contribution in [0.5, 0.6) is 0 Å². The molecular formula is C21H24F6O7. The molecule has 2 unspecified atom stereocenters. The van der Waals surface area contributed by atoms with Gasteiger partial charge in [0.2, 0.25) is 0 Å². The number of esters is 3. The van der Waals surface area contributed by atoms with Crippen LogP contribution in [0.2, 0.25) is 0 Å². The molecule has 0 radical (unpaired) electrons. The first kappa shape index (κ1) is 26.3. The molecule has 34 heavy (non-hydrogen) atoms. The van der Waals surface area contributed by atoms with Crippen molar-refractivity contribution < 1.29 is 60.0 Å². The smallest absolute Gasteiger partial charge is 0.437 e. The molecule has 0 aromatic rings. The maximum Gasteiger partial charge on any atom is 0.437 e. The molecule has 4 aliphatic carbocycles. The zero-order chi connectivity index (χ0) is 25.9. The van der Waals surface area contributed by atoms with Gasteiger partial charge in [-0.15, -0.1) is 0 Å². The van der Waals surface area contributed by atoms with Gasteiger partial charge in [-0.2, -0.15) is 26.3 Å². The number of hydrogen-bond donors (Lipinski definition) is 1. The molecule has 4 bridgehead atoms. The average Bonchev–Trinajstić information content (AvgIpc) is 2.67. The Morgan fingerprint density at radius 2 is 1.47 bits per heavy atom. The van der Waals surface area contributed by atoms with Crippen molar-refractivity contribution in [2.45, 2.75) is 75.1 Å². The summed E-state index contributed by atoms with van der Waals surface area (Å²) in [5.74, 6) is -5.38. The van der Waals surface area contributed by atoms with Crippen LogP contribution in [0, 0.1) is 17.8 Å². The first-order chi connectivity index (χ1) is 15.3. The minimum absolute atomic E-state index is 0.189. The van der Waals surface area contributed by atoms with Gasteiger partial charge < -0.3 is 19.3 Å². The van der Waals surface area contributed by atoms with Gasteiger partial charge in [-0.05, 0) is 51.9 Å². The largest absolute Gasteiger partial charge is 0.456 e. The van der Waals surface area contributed by atoms with E-state index in [2.05, 4.69) is 11.3 Å². The third-order valence-corrected chi connectivity index (χ3v) is 7.18. The van der Waals surface area contributed by atoms with E-state index in [1.807, 2.05) is 0 Å². The van der Waals surface area contributed by atoms with Gasteiger partial charge in [0.25, 0.3) is 0 Å². The van der Waals surface area contributed by atoms with Crippen LogP contribution in [-0.4, -0.2) is 58.8 Å². The number of hydrogen-bond acceptors (Lipinski definition) is 7. The van der Waals surface area contributed by atoms with Crippen molar-refractivity contribution in [2.75, 3.05) is 6.61 Å². The van der Waals surface area contributed by atoms with E-state index in [9.17, 15) is 40.7 Å². The van der Waals surface area contributed by atoms with Crippen LogP contribution in [0.4, 0.5) is 26.3 Å². The summed E-state index contributed by atoms with van der Waals surface area (Å²) in [7, 11) is 0. The fraction of sp³-hybridized carbons (Fsp3) is 0.762. The minimum atomic E-state index is -6.42. The van der Waals surface area contributed by atoms with E-state index in [4.69, 9.17) is 14.6 Å². The van der Waals surface area contributed by atoms with Crippen LogP contribution in [0.15, 0.2) is 12.2 Å². The SMILES string of the molecule is C=C(C)C(=O)OC12CC3CC(C1)C(C)(OC(=O)COC(=O)C(O)(C(F)(F)F)C(F)(F)F)C(C3)C2. The van der Waals surface area contributed by atoms with Crippen molar-refractivity contribution in [3.8, 4) is 0 Å². The second kappa shape index (κ2) is 8.13. The Hall–Kier alpha value is -2.31. The molecule has 0 aliphatic heterocycles. The van der Waals surface area contributed by atoms with Crippen LogP contribution in [0.25, 0.3) is 0 Å². The first-order valence-electron chi connectivity index (χ1n) is 10.5. The molecule has 2 atom stereocenters. The summed E-state index contributed by atoms with van der Waals surface area (Å²) in [6.07, 6.45) is -10.3. The van der Waals surface area contributed by atoms with Crippen LogP contribution in [0.3, 0.4) is 0 Å². The highest BCUT2D eigenvalue weighted by Gasteiger charge is 2.76. The number of alkyl halides is 6. The van der Waals surface area contributed by atoms with Gasteiger partial charge in [0, 0.05) is 17.4 Å². The summed E-state index contributed by atoms with van der Waals surface area (Å²) in [6.45, 7) is 5.11. The van der Waals surface area contributed by atoms with Crippen molar-refractivity contribution in [2.24, 2.45) is 17.8 Å². The first-order valence-corrected chi connectivity index (χ1v) is 10.5. The summed E-state index contributed by atoms with van der Waals surface area (Å²) in [6, 6.07) is 0. The zero-order valence-corrected chi connectivity index (χ0v) is 18.3. The Bertz CT molecular complexity index is 863. The van der Waals surface area contributed by atoms with Gasteiger partial charge in [-0.1, -0.05) is 6.58 Å². The minimum Gasteiger partial charge on any atom is -0.456 e. The lowest BCUT2D eigenvalue weighted by Gasteiger charge is -2.62. The maximum atomic E-state index is 12.8. The predicted molar refractivity (Wildman–Crippen MR) is 99.7 cm³/mol. The van der Waals surface area contributed by atoms with E-state index >= 15 is 0 Å². The predicted octanol–water partition coefficient (Wildman–Crippen LogP) is 3.39. The van der Waals surface area contributed by atoms with Crippen molar-refractivity contribution in [1.29, 1.82) is 0 Å². The molecule has 7 nitrogen and oxygen atoms in total. The van der Waals surface area contributed by atoms with Crippen molar-refractivity contribution in [3.63, 3.8) is 0 Å². The van der Waals surface area contributed by atoms with Gasteiger partial charge in [-0.25, -0.2) is 14.4 Å². The lowest BCUT2D eigenvalue weighted by Crippen LogP contribution is -2.65. The third kappa shape index (κ3) is 4.27. The number of ether oxygens (including phenoxy) is 3. The number of carbonyl (C=O) groups excluding carboxylic acids is 3. The molecule has 0 saturated heterocycles. The normalized spacial score (nSPS) is 32.8. The summed E-state index contributed by atoms with van der Waals surface area (Å²) in [5.41, 5.74) is -7.47. The molecule has 0 heterocycles. The van der Waals surface area contributed by atoms with Gasteiger partial charge in [0.15, 0.2) is 6.61 Å². The van der Waals surface area contributed by atoms with Crippen molar-refractivity contribution >= 4 is 17.9 Å². The van der Waals surface area contributed by atoms with Gasteiger partial charge >= 0.3 is 35.9 Å². The number of aliphatic hydroxyl groups is 1. The lowest BCUT2D eigenvalue weighted by atomic mass is 9.48. The van der Waals surface area contributed by atoms with Crippen LogP contribution >= 0.6 is 0 Å². The standard InChI is InChI=1S/C21H24F6O7/c1-10(2)15(29)34-18-6-11-4-12(7-18)17(3,13(5-11)8-18)33-14(28)9-32-16(30)19(31,20(22,23)24)21(25,26)27/h11-13,31H,1,4-9H2,2-3H3. The molecule has 0 aromatic heterocycles. The molecular weight excluding hydrogens is 478 g/mol. The highest BCUT2D eigenvalue weighted by Crippen LogP contribution is 2.62. The molecule has 0 aromatic carbocycles. The molecule has 0 amide bonds. The number of rotatable bonds is 6. The fourth-order valence-electron chi connectivity index (χ4n) is 5.59. The van der Waals surface area contributed by atoms with E-state index in [0.717, 1.165) is 0 Å². The average molecular weight is 502 g/mol. The lowest BCUT2D eigenvalue weighted by molar-refractivity contribution is -0.357. The van der Waals surface area contributed by atoms with Crippen LogP contribution in [-0.2, 0) is 28.6 Å². The molecule has 1 N–H and O–H groups in total. The molecule has 4 saturated carbocycles. The topological polar surface area (TPSA) is 99.1 Å². The quantitative estimate of drug-likeness (QED) is 0.257. The second-order valence-corrected chi connectivity index (χ2v) is 9.64. The fourth-order valence-corrected chi connectivity index (χ4v) is 5.59. The Morgan fingerprint density at radius 3 is 1.91 bits per heavy atom. The Morgan fingerprint density at radius 1 is 0.971 bits per heavy atom. The third-order valence-electron chi connectivity index (χ3n) is 7.18. The molecule has 13 heteroatoms.